The molecule has 0 saturated heterocycles. The summed E-state index contributed by atoms with van der Waals surface area (Å²) < 4.78 is 4.99. The summed E-state index contributed by atoms with van der Waals surface area (Å²) >= 11 is 4.13. The SMILES string of the molecule is COc1ccc(CS)cc1.[Ar]. The first kappa shape index (κ1) is 11.6. The quantitative estimate of drug-likeness (QED) is 0.709. The van der Waals surface area contributed by atoms with Crippen LogP contribution < -0.4 is 4.74 Å². The van der Waals surface area contributed by atoms with Crippen LogP contribution in [0.2, 0.25) is 0 Å². The molecule has 0 spiro atoms. The molecule has 3 heteroatoms. The predicted molar refractivity (Wildman–Crippen MR) is 45.7 cm³/mol. The van der Waals surface area contributed by atoms with E-state index in [1.807, 2.05) is 24.3 Å². The van der Waals surface area contributed by atoms with Gasteiger partial charge in [-0.2, -0.15) is 12.6 Å². The number of ether oxygens (including phenoxy) is 1. The van der Waals surface area contributed by atoms with Crippen molar-refractivity contribution in [2.24, 2.45) is 0 Å². The molecular formula is C8H10ArOS. The Kier molecular flexibility index (Phi) is 6.53. The zero-order chi connectivity index (χ0) is 7.40. The number of methoxy groups -OCH3 is 1. The summed E-state index contributed by atoms with van der Waals surface area (Å²) in [6.45, 7) is 0. The van der Waals surface area contributed by atoms with Gasteiger partial charge in [0.1, 0.15) is 5.75 Å². The Balaban J connectivity index is 0.000001000. The third kappa shape index (κ3) is 3.70. The van der Waals surface area contributed by atoms with Gasteiger partial charge in [0.25, 0.3) is 0 Å². The Bertz CT molecular complexity index is 175. The summed E-state index contributed by atoms with van der Waals surface area (Å²) in [5, 5.41) is 0. The Hall–Kier alpha value is 0.630. The van der Waals surface area contributed by atoms with Crippen LogP contribution in [0.1, 0.15) is 5.56 Å². The van der Waals surface area contributed by atoms with E-state index in [0.29, 0.717) is 0 Å². The van der Waals surface area contributed by atoms with E-state index in [4.69, 9.17) is 4.74 Å². The topological polar surface area (TPSA) is 9.23 Å². The molecule has 1 aromatic carbocycles. The van der Waals surface area contributed by atoms with Crippen LogP contribution >= 0.6 is 12.6 Å². The van der Waals surface area contributed by atoms with Gasteiger partial charge in [-0.3, -0.25) is 0 Å². The number of thiol groups is 1. The molecule has 0 radical (unpaired) electrons. The molecule has 0 aromatic heterocycles. The third-order valence-corrected chi connectivity index (χ3v) is 1.71. The third-order valence-electron chi connectivity index (χ3n) is 1.34. The Morgan fingerprint density at radius 2 is 1.82 bits per heavy atom. The van der Waals surface area contributed by atoms with Gasteiger partial charge >= 0.3 is 0 Å². The van der Waals surface area contributed by atoms with Gasteiger partial charge in [-0.05, 0) is 17.7 Å². The molecule has 62 valence electrons. The molecule has 0 amide bonds. The number of hydrogen-bond acceptors (Lipinski definition) is 2. The first-order chi connectivity index (χ1) is 4.86. The first-order valence-corrected chi connectivity index (χ1v) is 3.74. The van der Waals surface area contributed by atoms with E-state index in [2.05, 4.69) is 12.6 Å². The summed E-state index contributed by atoms with van der Waals surface area (Å²) in [5.41, 5.74) is 1.21. The Labute approximate surface area is 103 Å². The smallest absolute Gasteiger partial charge is 0.118 e. The van der Waals surface area contributed by atoms with Crippen molar-refractivity contribution in [3.63, 3.8) is 0 Å². The molecule has 0 heterocycles. The van der Waals surface area contributed by atoms with Gasteiger partial charge in [0.15, 0.2) is 0 Å². The standard InChI is InChI=1S/C8H10OS.Ar/c1-9-8-4-2-7(6-10)3-5-8;/h2-5,10H,6H2,1H3;. The van der Waals surface area contributed by atoms with Crippen molar-refractivity contribution in [2.75, 3.05) is 7.11 Å². The molecule has 0 aliphatic carbocycles. The molecule has 0 bridgehead atoms. The van der Waals surface area contributed by atoms with Crippen LogP contribution in [-0.4, -0.2) is 7.11 Å². The molecule has 0 aliphatic heterocycles. The zero-order valence-corrected chi connectivity index (χ0v) is 7.83. The molecule has 1 nitrogen and oxygen atoms in total. The van der Waals surface area contributed by atoms with Crippen LogP contribution in [0.3, 0.4) is 0 Å². The van der Waals surface area contributed by atoms with Crippen molar-refractivity contribution in [2.45, 2.75) is 5.75 Å². The molecule has 1 rings (SSSR count). The fourth-order valence-corrected chi connectivity index (χ4v) is 0.942. The van der Waals surface area contributed by atoms with Crippen molar-refractivity contribution in [3.8, 4) is 5.75 Å². The van der Waals surface area contributed by atoms with Crippen LogP contribution in [-0.2, 0) is 5.75 Å². The summed E-state index contributed by atoms with van der Waals surface area (Å²) in [4.78, 5) is 0. The van der Waals surface area contributed by atoms with Gasteiger partial charge < -0.3 is 4.74 Å². The summed E-state index contributed by atoms with van der Waals surface area (Å²) in [6, 6.07) is 7.88. The second-order valence-corrected chi connectivity index (χ2v) is 2.32. The monoisotopic (exact) mass is 194 g/mol. The summed E-state index contributed by atoms with van der Waals surface area (Å²) in [6.07, 6.45) is 0. The van der Waals surface area contributed by atoms with E-state index in [9.17, 15) is 0 Å². The molecule has 0 saturated carbocycles. The molecule has 0 unspecified atom stereocenters. The molecule has 1 aromatic rings. The molecule has 0 N–H and O–H groups in total. The van der Waals surface area contributed by atoms with Crippen LogP contribution in [0.15, 0.2) is 24.3 Å². The van der Waals surface area contributed by atoms with E-state index >= 15 is 0 Å². The van der Waals surface area contributed by atoms with Crippen molar-refractivity contribution < 1.29 is 42.5 Å². The van der Waals surface area contributed by atoms with Gasteiger partial charge in [-0.25, -0.2) is 0 Å². The maximum atomic E-state index is 4.99. The fraction of sp³-hybridized carbons (Fsp3) is 0.250. The fourth-order valence-electron chi connectivity index (χ4n) is 0.731. The first-order valence-electron chi connectivity index (χ1n) is 3.10. The van der Waals surface area contributed by atoms with E-state index in [1.54, 1.807) is 7.11 Å². The Morgan fingerprint density at radius 1 is 1.27 bits per heavy atom. The van der Waals surface area contributed by atoms with Gasteiger partial charge in [0.05, 0.1) is 7.11 Å². The van der Waals surface area contributed by atoms with Crippen molar-refractivity contribution >= 4 is 12.6 Å². The molecule has 0 fully saturated rings. The maximum Gasteiger partial charge on any atom is 0.118 e. The van der Waals surface area contributed by atoms with Gasteiger partial charge in [0.2, 0.25) is 0 Å². The van der Waals surface area contributed by atoms with Gasteiger partial charge in [-0.15, -0.1) is 0 Å². The normalized spacial score (nSPS) is 8.55. The minimum atomic E-state index is 0. The van der Waals surface area contributed by atoms with Crippen LogP contribution in [0.5, 0.6) is 5.75 Å². The van der Waals surface area contributed by atoms with Crippen LogP contribution in [0.4, 0.5) is 0 Å². The summed E-state index contributed by atoms with van der Waals surface area (Å²) in [7, 11) is 1.66. The number of benzene rings is 1. The van der Waals surface area contributed by atoms with E-state index in [1.165, 1.54) is 5.56 Å². The van der Waals surface area contributed by atoms with Gasteiger partial charge in [0, 0.05) is 43.5 Å². The summed E-state index contributed by atoms with van der Waals surface area (Å²) in [5.74, 6) is 1.68. The average molecular weight is 194 g/mol. The molecule has 0 aliphatic rings. The molecule has 11 heavy (non-hydrogen) atoms. The number of rotatable bonds is 2. The Morgan fingerprint density at radius 3 is 2.18 bits per heavy atom. The van der Waals surface area contributed by atoms with Crippen LogP contribution in [0.25, 0.3) is 0 Å². The van der Waals surface area contributed by atoms with Crippen molar-refractivity contribution in [1.29, 1.82) is 0 Å². The second kappa shape index (κ2) is 6.18. The number of hydrogen-bond donors (Lipinski definition) is 1. The second-order valence-electron chi connectivity index (χ2n) is 2.01. The van der Waals surface area contributed by atoms with Crippen molar-refractivity contribution in [3.05, 3.63) is 29.8 Å². The van der Waals surface area contributed by atoms with E-state index in [0.717, 1.165) is 11.5 Å². The predicted octanol–water partition coefficient (Wildman–Crippen LogP) is 2.12. The molecule has 0 atom stereocenters. The largest absolute Gasteiger partial charge is 0.497 e. The van der Waals surface area contributed by atoms with Gasteiger partial charge in [-0.1, -0.05) is 12.1 Å². The average Bonchev–Trinajstić information content (AvgIpc) is 2.05. The zero-order valence-electron chi connectivity index (χ0n) is 6.23. The minimum absolute atomic E-state index is 0. The van der Waals surface area contributed by atoms with E-state index in [-0.39, 0.29) is 37.7 Å². The van der Waals surface area contributed by atoms with Crippen LogP contribution in [0, 0.1) is 37.7 Å². The minimum Gasteiger partial charge on any atom is -0.497 e. The van der Waals surface area contributed by atoms with E-state index < -0.39 is 0 Å². The maximum absolute atomic E-state index is 4.99. The molecular weight excluding hydrogens is 184 g/mol. The van der Waals surface area contributed by atoms with Crippen molar-refractivity contribution in [1.82, 2.24) is 0 Å².